The van der Waals surface area contributed by atoms with Gasteiger partial charge in [0, 0.05) is 30.1 Å². The van der Waals surface area contributed by atoms with Crippen molar-refractivity contribution in [3.63, 3.8) is 0 Å². The normalized spacial score (nSPS) is 13.3. The van der Waals surface area contributed by atoms with E-state index in [0.717, 1.165) is 29.7 Å². The van der Waals surface area contributed by atoms with Gasteiger partial charge in [-0.15, -0.1) is 0 Å². The Morgan fingerprint density at radius 1 is 1.11 bits per heavy atom. The van der Waals surface area contributed by atoms with Crippen LogP contribution in [0.1, 0.15) is 68.6 Å². The maximum atomic E-state index is 13.3. The van der Waals surface area contributed by atoms with Crippen LogP contribution in [-0.2, 0) is 19.4 Å². The Labute approximate surface area is 171 Å². The zero-order chi connectivity index (χ0) is 20.4. The monoisotopic (exact) mass is 401 g/mol. The number of Topliss-reactive ketones (excluding diaryl/α,β-unsaturated/α-hetero) is 1. The van der Waals surface area contributed by atoms with Crippen LogP contribution in [0, 0.1) is 0 Å². The molecule has 0 bridgehead atoms. The molecule has 0 spiro atoms. The van der Waals surface area contributed by atoms with Crippen LogP contribution >= 0.6 is 11.6 Å². The number of rotatable bonds is 7. The summed E-state index contributed by atoms with van der Waals surface area (Å²) in [7, 11) is 0. The number of ketones is 1. The zero-order valence-electron chi connectivity index (χ0n) is 17.1. The standard InChI is InChI=1S/C22H28ClN3O2/c1-5-14(6-2)24-20-18(7-3)25-21(26(8-4)22(20)28)16-11-13-9-10-19(27)15(13)12-17(16)23/h11-12,14,24H,5-10H2,1-4H3. The van der Waals surface area contributed by atoms with Gasteiger partial charge >= 0.3 is 0 Å². The lowest BCUT2D eigenvalue weighted by atomic mass is 10.0. The van der Waals surface area contributed by atoms with Crippen LogP contribution < -0.4 is 10.9 Å². The fraction of sp³-hybridized carbons (Fsp3) is 0.500. The van der Waals surface area contributed by atoms with Crippen molar-refractivity contribution in [2.45, 2.75) is 72.4 Å². The smallest absolute Gasteiger partial charge is 0.277 e. The first-order chi connectivity index (χ1) is 13.4. The summed E-state index contributed by atoms with van der Waals surface area (Å²) in [5.41, 5.74) is 3.68. The molecule has 1 N–H and O–H groups in total. The molecule has 0 amide bonds. The Morgan fingerprint density at radius 3 is 2.43 bits per heavy atom. The molecule has 1 aliphatic rings. The molecule has 0 saturated heterocycles. The van der Waals surface area contributed by atoms with Gasteiger partial charge in [0.1, 0.15) is 11.5 Å². The lowest BCUT2D eigenvalue weighted by molar-refractivity contribution is 0.0994. The van der Waals surface area contributed by atoms with Crippen LogP contribution in [0.5, 0.6) is 0 Å². The number of hydrogen-bond acceptors (Lipinski definition) is 4. The molecule has 5 nitrogen and oxygen atoms in total. The quantitative estimate of drug-likeness (QED) is 0.718. The van der Waals surface area contributed by atoms with Gasteiger partial charge in [-0.25, -0.2) is 4.98 Å². The van der Waals surface area contributed by atoms with Crippen molar-refractivity contribution < 1.29 is 4.79 Å². The molecule has 0 radical (unpaired) electrons. The Bertz CT molecular complexity index is 961. The lowest BCUT2D eigenvalue weighted by Crippen LogP contribution is -2.31. The SMILES string of the molecule is CCc1nc(-c2cc3c(cc2Cl)C(=O)CC3)n(CC)c(=O)c1NC(CC)CC. The number of nitrogens with one attached hydrogen (secondary N) is 1. The molecule has 1 aromatic heterocycles. The summed E-state index contributed by atoms with van der Waals surface area (Å²) in [5, 5.41) is 3.87. The minimum absolute atomic E-state index is 0.0658. The second-order valence-corrected chi connectivity index (χ2v) is 7.64. The lowest BCUT2D eigenvalue weighted by Gasteiger charge is -2.21. The van der Waals surface area contributed by atoms with Crippen LogP contribution in [0.3, 0.4) is 0 Å². The molecule has 0 saturated carbocycles. The molecule has 1 aromatic carbocycles. The predicted molar refractivity (Wildman–Crippen MR) is 115 cm³/mol. The molecular weight excluding hydrogens is 374 g/mol. The van der Waals surface area contributed by atoms with E-state index in [2.05, 4.69) is 19.2 Å². The Kier molecular flexibility index (Phi) is 6.23. The van der Waals surface area contributed by atoms with Crippen LogP contribution in [-0.4, -0.2) is 21.4 Å². The van der Waals surface area contributed by atoms with Gasteiger partial charge in [0.15, 0.2) is 5.78 Å². The largest absolute Gasteiger partial charge is 0.376 e. The highest BCUT2D eigenvalue weighted by atomic mass is 35.5. The number of nitrogens with zero attached hydrogens (tertiary/aromatic N) is 2. The number of aromatic nitrogens is 2. The predicted octanol–water partition coefficient (Wildman–Crippen LogP) is 4.88. The van der Waals surface area contributed by atoms with E-state index in [4.69, 9.17) is 16.6 Å². The summed E-state index contributed by atoms with van der Waals surface area (Å²) in [4.78, 5) is 30.2. The first-order valence-corrected chi connectivity index (χ1v) is 10.6. The van der Waals surface area contributed by atoms with E-state index in [-0.39, 0.29) is 17.4 Å². The van der Waals surface area contributed by atoms with E-state index in [1.807, 2.05) is 19.9 Å². The summed E-state index contributed by atoms with van der Waals surface area (Å²) in [6.45, 7) is 8.65. The van der Waals surface area contributed by atoms with E-state index in [1.165, 1.54) is 0 Å². The highest BCUT2D eigenvalue weighted by Gasteiger charge is 2.24. The molecule has 150 valence electrons. The molecule has 28 heavy (non-hydrogen) atoms. The molecule has 0 fully saturated rings. The molecule has 1 aliphatic carbocycles. The summed E-state index contributed by atoms with van der Waals surface area (Å²) in [6, 6.07) is 3.91. The number of aryl methyl sites for hydroxylation is 2. The second kappa shape index (κ2) is 8.48. The molecule has 0 atom stereocenters. The maximum absolute atomic E-state index is 13.3. The summed E-state index contributed by atoms with van der Waals surface area (Å²) >= 11 is 6.53. The molecular formula is C22H28ClN3O2. The third kappa shape index (κ3) is 3.60. The number of anilines is 1. The zero-order valence-corrected chi connectivity index (χ0v) is 17.8. The van der Waals surface area contributed by atoms with Crippen molar-refractivity contribution in [3.8, 4) is 11.4 Å². The van der Waals surface area contributed by atoms with Gasteiger partial charge in [0.2, 0.25) is 0 Å². The molecule has 6 heteroatoms. The van der Waals surface area contributed by atoms with Gasteiger partial charge in [-0.1, -0.05) is 32.4 Å². The van der Waals surface area contributed by atoms with E-state index in [0.29, 0.717) is 47.9 Å². The fourth-order valence-corrected chi connectivity index (χ4v) is 4.08. The fourth-order valence-electron chi connectivity index (χ4n) is 3.83. The van der Waals surface area contributed by atoms with Crippen molar-refractivity contribution in [2.75, 3.05) is 5.32 Å². The number of fused-ring (bicyclic) bond motifs is 1. The number of halogens is 1. The molecule has 3 rings (SSSR count). The van der Waals surface area contributed by atoms with Gasteiger partial charge in [0.25, 0.3) is 5.56 Å². The van der Waals surface area contributed by atoms with E-state index in [1.54, 1.807) is 10.6 Å². The average Bonchev–Trinajstić information content (AvgIpc) is 3.05. The first-order valence-electron chi connectivity index (χ1n) is 10.2. The molecule has 0 unspecified atom stereocenters. The average molecular weight is 402 g/mol. The third-order valence-electron chi connectivity index (χ3n) is 5.58. The molecule has 2 aromatic rings. The Morgan fingerprint density at radius 2 is 1.82 bits per heavy atom. The number of carbonyl (C=O) groups is 1. The minimum Gasteiger partial charge on any atom is -0.376 e. The minimum atomic E-state index is -0.0658. The second-order valence-electron chi connectivity index (χ2n) is 7.23. The van der Waals surface area contributed by atoms with Crippen LogP contribution in [0.15, 0.2) is 16.9 Å². The topological polar surface area (TPSA) is 64.0 Å². The number of benzene rings is 1. The van der Waals surface area contributed by atoms with Gasteiger partial charge in [0.05, 0.1) is 10.7 Å². The van der Waals surface area contributed by atoms with Crippen molar-refractivity contribution in [1.29, 1.82) is 0 Å². The van der Waals surface area contributed by atoms with Gasteiger partial charge in [-0.3, -0.25) is 14.2 Å². The highest BCUT2D eigenvalue weighted by Crippen LogP contribution is 2.34. The first kappa shape index (κ1) is 20.6. The Balaban J connectivity index is 2.19. The van der Waals surface area contributed by atoms with E-state index < -0.39 is 0 Å². The van der Waals surface area contributed by atoms with Gasteiger partial charge < -0.3 is 5.32 Å². The highest BCUT2D eigenvalue weighted by molar-refractivity contribution is 6.33. The van der Waals surface area contributed by atoms with Crippen LogP contribution in [0.25, 0.3) is 11.4 Å². The van der Waals surface area contributed by atoms with Crippen LogP contribution in [0.2, 0.25) is 5.02 Å². The van der Waals surface area contributed by atoms with E-state index in [9.17, 15) is 9.59 Å². The molecule has 0 aliphatic heterocycles. The van der Waals surface area contributed by atoms with Crippen molar-refractivity contribution >= 4 is 23.1 Å². The van der Waals surface area contributed by atoms with Crippen molar-refractivity contribution in [3.05, 3.63) is 44.3 Å². The van der Waals surface area contributed by atoms with Gasteiger partial charge in [-0.2, -0.15) is 0 Å². The molecule has 1 heterocycles. The van der Waals surface area contributed by atoms with Crippen LogP contribution in [0.4, 0.5) is 5.69 Å². The Hall–Kier alpha value is -2.14. The summed E-state index contributed by atoms with van der Waals surface area (Å²) in [5.74, 6) is 0.704. The van der Waals surface area contributed by atoms with E-state index >= 15 is 0 Å². The number of hydrogen-bond donors (Lipinski definition) is 1. The van der Waals surface area contributed by atoms with Crippen molar-refractivity contribution in [1.82, 2.24) is 9.55 Å². The third-order valence-corrected chi connectivity index (χ3v) is 5.90. The van der Waals surface area contributed by atoms with Gasteiger partial charge in [-0.05, 0) is 50.3 Å². The maximum Gasteiger partial charge on any atom is 0.277 e. The van der Waals surface area contributed by atoms with Crippen molar-refractivity contribution in [2.24, 2.45) is 0 Å². The summed E-state index contributed by atoms with van der Waals surface area (Å²) in [6.07, 6.45) is 3.76. The summed E-state index contributed by atoms with van der Waals surface area (Å²) < 4.78 is 1.67. The number of carbonyl (C=O) groups excluding carboxylic acids is 1.